The molecule has 0 aromatic carbocycles. The van der Waals surface area contributed by atoms with Crippen LogP contribution in [0.25, 0.3) is 0 Å². The highest BCUT2D eigenvalue weighted by Gasteiger charge is 2.40. The molecule has 1 nitrogen and oxygen atoms in total. The van der Waals surface area contributed by atoms with Gasteiger partial charge in [0.2, 0.25) is 0 Å². The molecule has 3 aliphatic rings. The predicted molar refractivity (Wildman–Crippen MR) is 82.2 cm³/mol. The maximum absolute atomic E-state index is 3.87. The Morgan fingerprint density at radius 1 is 0.947 bits per heavy atom. The van der Waals surface area contributed by atoms with Crippen LogP contribution in [0.3, 0.4) is 0 Å². The highest BCUT2D eigenvalue weighted by Crippen LogP contribution is 2.50. The summed E-state index contributed by atoms with van der Waals surface area (Å²) in [5.74, 6) is 4.29. The van der Waals surface area contributed by atoms with E-state index in [1.165, 1.54) is 51.5 Å². The van der Waals surface area contributed by atoms with Crippen molar-refractivity contribution in [3.8, 4) is 0 Å². The Morgan fingerprint density at radius 2 is 1.74 bits per heavy atom. The van der Waals surface area contributed by atoms with Crippen molar-refractivity contribution in [3.05, 3.63) is 0 Å². The number of rotatable bonds is 5. The van der Waals surface area contributed by atoms with E-state index in [4.69, 9.17) is 0 Å². The maximum atomic E-state index is 3.87. The molecule has 0 aliphatic heterocycles. The van der Waals surface area contributed by atoms with Crippen LogP contribution in [0.15, 0.2) is 0 Å². The SMILES string of the molecule is CCNC(CC1CC2CCC1C2)C1CCCCCC1. The fourth-order valence-corrected chi connectivity index (χ4v) is 5.41. The van der Waals surface area contributed by atoms with Gasteiger partial charge in [-0.05, 0) is 68.7 Å². The lowest BCUT2D eigenvalue weighted by Crippen LogP contribution is -2.38. The van der Waals surface area contributed by atoms with Crippen LogP contribution in [0.4, 0.5) is 0 Å². The third-order valence-corrected chi connectivity index (χ3v) is 6.38. The van der Waals surface area contributed by atoms with E-state index in [1.54, 1.807) is 25.7 Å². The molecule has 0 spiro atoms. The van der Waals surface area contributed by atoms with Gasteiger partial charge in [-0.1, -0.05) is 39.0 Å². The normalized spacial score (nSPS) is 37.4. The highest BCUT2D eigenvalue weighted by molar-refractivity contribution is 4.93. The molecule has 3 saturated carbocycles. The first-order chi connectivity index (χ1) is 9.36. The third kappa shape index (κ3) is 3.35. The second kappa shape index (κ2) is 6.61. The van der Waals surface area contributed by atoms with Crippen LogP contribution >= 0.6 is 0 Å². The van der Waals surface area contributed by atoms with Crippen molar-refractivity contribution in [2.45, 2.75) is 83.6 Å². The average molecular weight is 263 g/mol. The summed E-state index contributed by atoms with van der Waals surface area (Å²) in [6.07, 6.45) is 16.7. The first kappa shape index (κ1) is 13.9. The zero-order valence-corrected chi connectivity index (χ0v) is 12.9. The van der Waals surface area contributed by atoms with Gasteiger partial charge in [0.15, 0.2) is 0 Å². The maximum Gasteiger partial charge on any atom is 0.00979 e. The number of fused-ring (bicyclic) bond motifs is 2. The van der Waals surface area contributed by atoms with Gasteiger partial charge in [0.05, 0.1) is 0 Å². The summed E-state index contributed by atoms with van der Waals surface area (Å²) in [5, 5.41) is 3.87. The molecular weight excluding hydrogens is 230 g/mol. The first-order valence-corrected chi connectivity index (χ1v) is 9.10. The van der Waals surface area contributed by atoms with Gasteiger partial charge in [-0.15, -0.1) is 0 Å². The van der Waals surface area contributed by atoms with Crippen LogP contribution < -0.4 is 5.32 Å². The van der Waals surface area contributed by atoms with Crippen molar-refractivity contribution < 1.29 is 0 Å². The highest BCUT2D eigenvalue weighted by atomic mass is 14.9. The molecule has 0 heterocycles. The van der Waals surface area contributed by atoms with Gasteiger partial charge in [0.1, 0.15) is 0 Å². The molecule has 1 heteroatoms. The summed E-state index contributed by atoms with van der Waals surface area (Å²) < 4.78 is 0. The van der Waals surface area contributed by atoms with Gasteiger partial charge < -0.3 is 5.32 Å². The summed E-state index contributed by atoms with van der Waals surface area (Å²) >= 11 is 0. The molecule has 3 fully saturated rings. The fraction of sp³-hybridized carbons (Fsp3) is 1.00. The summed E-state index contributed by atoms with van der Waals surface area (Å²) in [4.78, 5) is 0. The van der Waals surface area contributed by atoms with Crippen molar-refractivity contribution in [2.75, 3.05) is 6.54 Å². The number of nitrogens with one attached hydrogen (secondary N) is 1. The lowest BCUT2D eigenvalue weighted by Gasteiger charge is -2.32. The van der Waals surface area contributed by atoms with E-state index < -0.39 is 0 Å². The van der Waals surface area contributed by atoms with Crippen molar-refractivity contribution in [3.63, 3.8) is 0 Å². The minimum Gasteiger partial charge on any atom is -0.314 e. The first-order valence-electron chi connectivity index (χ1n) is 9.10. The standard InChI is InChI=1S/C18H33N/c1-2-19-18(15-7-5-3-4-6-8-15)13-17-12-14-9-10-16(17)11-14/h14-19H,2-13H2,1H3. The van der Waals surface area contributed by atoms with E-state index in [0.717, 1.165) is 29.7 Å². The van der Waals surface area contributed by atoms with Crippen LogP contribution in [-0.4, -0.2) is 12.6 Å². The van der Waals surface area contributed by atoms with E-state index >= 15 is 0 Å². The van der Waals surface area contributed by atoms with E-state index in [-0.39, 0.29) is 0 Å². The molecular formula is C18H33N. The molecule has 1 N–H and O–H groups in total. The molecule has 4 unspecified atom stereocenters. The summed E-state index contributed by atoms with van der Waals surface area (Å²) in [5.41, 5.74) is 0. The Hall–Kier alpha value is -0.0400. The van der Waals surface area contributed by atoms with Gasteiger partial charge in [-0.2, -0.15) is 0 Å². The van der Waals surface area contributed by atoms with Crippen molar-refractivity contribution in [1.82, 2.24) is 5.32 Å². The second-order valence-corrected chi connectivity index (χ2v) is 7.59. The van der Waals surface area contributed by atoms with Crippen molar-refractivity contribution in [1.29, 1.82) is 0 Å². The van der Waals surface area contributed by atoms with Crippen molar-refractivity contribution in [2.24, 2.45) is 23.7 Å². The number of hydrogen-bond donors (Lipinski definition) is 1. The molecule has 2 bridgehead atoms. The summed E-state index contributed by atoms with van der Waals surface area (Å²) in [6.45, 7) is 3.46. The largest absolute Gasteiger partial charge is 0.314 e. The Kier molecular flexibility index (Phi) is 4.84. The van der Waals surface area contributed by atoms with Crippen LogP contribution in [0.1, 0.15) is 77.6 Å². The molecule has 0 saturated heterocycles. The summed E-state index contributed by atoms with van der Waals surface area (Å²) in [7, 11) is 0. The molecule has 19 heavy (non-hydrogen) atoms. The fourth-order valence-electron chi connectivity index (χ4n) is 5.41. The van der Waals surface area contributed by atoms with Gasteiger partial charge in [0, 0.05) is 6.04 Å². The smallest absolute Gasteiger partial charge is 0.00979 e. The molecule has 3 rings (SSSR count). The quantitative estimate of drug-likeness (QED) is 0.705. The van der Waals surface area contributed by atoms with Gasteiger partial charge in [-0.3, -0.25) is 0 Å². The molecule has 0 aromatic heterocycles. The minimum atomic E-state index is 0.840. The van der Waals surface area contributed by atoms with Crippen LogP contribution in [0.2, 0.25) is 0 Å². The average Bonchev–Trinajstić information content (AvgIpc) is 2.92. The predicted octanol–water partition coefficient (Wildman–Crippen LogP) is 4.76. The van der Waals surface area contributed by atoms with E-state index in [1.807, 2.05) is 0 Å². The second-order valence-electron chi connectivity index (χ2n) is 7.59. The van der Waals surface area contributed by atoms with Crippen LogP contribution in [0, 0.1) is 23.7 Å². The van der Waals surface area contributed by atoms with Gasteiger partial charge in [-0.25, -0.2) is 0 Å². The Morgan fingerprint density at radius 3 is 2.32 bits per heavy atom. The Bertz CT molecular complexity index is 267. The number of hydrogen-bond acceptors (Lipinski definition) is 1. The topological polar surface area (TPSA) is 12.0 Å². The van der Waals surface area contributed by atoms with E-state index in [9.17, 15) is 0 Å². The molecule has 0 amide bonds. The lowest BCUT2D eigenvalue weighted by atomic mass is 9.79. The summed E-state index contributed by atoms with van der Waals surface area (Å²) in [6, 6.07) is 0.840. The Balaban J connectivity index is 1.56. The zero-order valence-electron chi connectivity index (χ0n) is 12.9. The lowest BCUT2D eigenvalue weighted by molar-refractivity contribution is 0.225. The van der Waals surface area contributed by atoms with Crippen molar-refractivity contribution >= 4 is 0 Å². The Labute approximate surface area is 119 Å². The zero-order chi connectivity index (χ0) is 13.1. The van der Waals surface area contributed by atoms with Crippen LogP contribution in [-0.2, 0) is 0 Å². The van der Waals surface area contributed by atoms with Gasteiger partial charge in [0.25, 0.3) is 0 Å². The third-order valence-electron chi connectivity index (χ3n) is 6.38. The molecule has 0 radical (unpaired) electrons. The molecule has 110 valence electrons. The molecule has 4 atom stereocenters. The molecule has 3 aliphatic carbocycles. The van der Waals surface area contributed by atoms with E-state index in [2.05, 4.69) is 12.2 Å². The van der Waals surface area contributed by atoms with Crippen LogP contribution in [0.5, 0.6) is 0 Å². The van der Waals surface area contributed by atoms with E-state index in [0.29, 0.717) is 0 Å². The monoisotopic (exact) mass is 263 g/mol. The van der Waals surface area contributed by atoms with Gasteiger partial charge >= 0.3 is 0 Å². The minimum absolute atomic E-state index is 0.840. The molecule has 0 aromatic rings.